The van der Waals surface area contributed by atoms with Gasteiger partial charge in [-0.2, -0.15) is 0 Å². The van der Waals surface area contributed by atoms with E-state index in [4.69, 9.17) is 0 Å². The van der Waals surface area contributed by atoms with Crippen LogP contribution in [0.4, 0.5) is 0 Å². The molecule has 4 nitrogen and oxygen atoms in total. The van der Waals surface area contributed by atoms with Crippen LogP contribution in [0.25, 0.3) is 0 Å². The van der Waals surface area contributed by atoms with Gasteiger partial charge in [-0.15, -0.1) is 0 Å². The van der Waals surface area contributed by atoms with E-state index in [1.165, 1.54) is 0 Å². The van der Waals surface area contributed by atoms with Crippen LogP contribution in [-0.4, -0.2) is 35.3 Å². The Morgan fingerprint density at radius 3 is 2.39 bits per heavy atom. The van der Waals surface area contributed by atoms with Crippen LogP contribution in [0.15, 0.2) is 0 Å². The van der Waals surface area contributed by atoms with Gasteiger partial charge in [0.1, 0.15) is 6.04 Å². The molecule has 1 rings (SSSR count). The molecule has 1 heterocycles. The van der Waals surface area contributed by atoms with Crippen molar-refractivity contribution in [2.75, 3.05) is 6.54 Å². The highest BCUT2D eigenvalue weighted by atomic mass is 16.2. The van der Waals surface area contributed by atoms with Crippen molar-refractivity contribution in [1.82, 2.24) is 10.2 Å². The summed E-state index contributed by atoms with van der Waals surface area (Å²) in [7, 11) is 0. The molecule has 0 spiro atoms. The van der Waals surface area contributed by atoms with Crippen LogP contribution in [0, 0.1) is 11.8 Å². The van der Waals surface area contributed by atoms with Crippen LogP contribution in [0.2, 0.25) is 0 Å². The molecule has 0 radical (unpaired) electrons. The average Bonchev–Trinajstić information content (AvgIpc) is 2.47. The van der Waals surface area contributed by atoms with Gasteiger partial charge in [0.2, 0.25) is 11.8 Å². The third kappa shape index (κ3) is 3.24. The van der Waals surface area contributed by atoms with Crippen LogP contribution in [0.1, 0.15) is 47.5 Å². The quantitative estimate of drug-likeness (QED) is 0.831. The zero-order valence-electron chi connectivity index (χ0n) is 12.2. The molecule has 4 heteroatoms. The fourth-order valence-corrected chi connectivity index (χ4v) is 2.32. The van der Waals surface area contributed by atoms with E-state index in [2.05, 4.69) is 26.1 Å². The van der Waals surface area contributed by atoms with E-state index in [9.17, 15) is 9.59 Å². The lowest BCUT2D eigenvalue weighted by Gasteiger charge is -2.34. The van der Waals surface area contributed by atoms with Crippen LogP contribution < -0.4 is 5.32 Å². The Morgan fingerprint density at radius 1 is 1.28 bits per heavy atom. The Kier molecular flexibility index (Phi) is 5.17. The molecular weight excluding hydrogens is 228 g/mol. The number of carbonyl (C=O) groups is 2. The van der Waals surface area contributed by atoms with Crippen molar-refractivity contribution in [3.8, 4) is 0 Å². The standard InChI is InChI=1S/C14H26N2O2/c1-6-10(4)11(5)16-8-7-12(17)15-13(9(2)3)14(16)18/h9-11,13H,6-8H2,1-5H3,(H,15,17). The summed E-state index contributed by atoms with van der Waals surface area (Å²) in [5.41, 5.74) is 0. The normalized spacial score (nSPS) is 24.8. The first-order valence-electron chi connectivity index (χ1n) is 6.98. The third-order valence-corrected chi connectivity index (χ3v) is 4.07. The van der Waals surface area contributed by atoms with Gasteiger partial charge < -0.3 is 10.2 Å². The first-order valence-corrected chi connectivity index (χ1v) is 6.98. The maximum absolute atomic E-state index is 12.5. The second-order valence-electron chi connectivity index (χ2n) is 5.70. The van der Waals surface area contributed by atoms with E-state index in [0.29, 0.717) is 18.9 Å². The van der Waals surface area contributed by atoms with Crippen LogP contribution in [0.3, 0.4) is 0 Å². The summed E-state index contributed by atoms with van der Waals surface area (Å²) in [6, 6.07) is -0.178. The largest absolute Gasteiger partial charge is 0.344 e. The second kappa shape index (κ2) is 6.21. The summed E-state index contributed by atoms with van der Waals surface area (Å²) in [4.78, 5) is 26.1. The third-order valence-electron chi connectivity index (χ3n) is 4.07. The van der Waals surface area contributed by atoms with Gasteiger partial charge in [-0.25, -0.2) is 0 Å². The lowest BCUT2D eigenvalue weighted by molar-refractivity contribution is -0.137. The smallest absolute Gasteiger partial charge is 0.245 e. The first-order chi connectivity index (χ1) is 8.38. The van der Waals surface area contributed by atoms with Gasteiger partial charge in [0, 0.05) is 19.0 Å². The summed E-state index contributed by atoms with van der Waals surface area (Å²) >= 11 is 0. The Morgan fingerprint density at radius 2 is 1.89 bits per heavy atom. The van der Waals surface area contributed by atoms with Gasteiger partial charge >= 0.3 is 0 Å². The Bertz CT molecular complexity index is 315. The van der Waals surface area contributed by atoms with Gasteiger partial charge in [0.25, 0.3) is 0 Å². The molecule has 2 amide bonds. The van der Waals surface area contributed by atoms with Crippen molar-refractivity contribution in [2.45, 2.75) is 59.5 Å². The predicted molar refractivity (Wildman–Crippen MR) is 72.0 cm³/mol. The highest BCUT2D eigenvalue weighted by Gasteiger charge is 2.35. The highest BCUT2D eigenvalue weighted by Crippen LogP contribution is 2.19. The topological polar surface area (TPSA) is 49.4 Å². The number of carbonyl (C=O) groups excluding carboxylic acids is 2. The van der Waals surface area contributed by atoms with E-state index in [0.717, 1.165) is 6.42 Å². The SMILES string of the molecule is CCC(C)C(C)N1CCC(=O)NC(C(C)C)C1=O. The molecule has 1 saturated heterocycles. The van der Waals surface area contributed by atoms with Gasteiger partial charge in [0.15, 0.2) is 0 Å². The maximum Gasteiger partial charge on any atom is 0.245 e. The minimum absolute atomic E-state index is 0.0131. The van der Waals surface area contributed by atoms with E-state index >= 15 is 0 Å². The highest BCUT2D eigenvalue weighted by molar-refractivity contribution is 5.90. The van der Waals surface area contributed by atoms with E-state index in [-0.39, 0.29) is 29.8 Å². The van der Waals surface area contributed by atoms with E-state index < -0.39 is 0 Å². The maximum atomic E-state index is 12.5. The van der Waals surface area contributed by atoms with E-state index in [1.54, 1.807) is 0 Å². The first kappa shape index (κ1) is 15.0. The van der Waals surface area contributed by atoms with Gasteiger partial charge in [-0.3, -0.25) is 9.59 Å². The summed E-state index contributed by atoms with van der Waals surface area (Å²) in [5, 5.41) is 2.84. The van der Waals surface area contributed by atoms with Crippen molar-refractivity contribution in [3.63, 3.8) is 0 Å². The fourth-order valence-electron chi connectivity index (χ4n) is 2.32. The zero-order valence-corrected chi connectivity index (χ0v) is 12.2. The van der Waals surface area contributed by atoms with Crippen LogP contribution >= 0.6 is 0 Å². The molecule has 0 bridgehead atoms. The lowest BCUT2D eigenvalue weighted by atomic mass is 9.97. The molecule has 3 unspecified atom stereocenters. The average molecular weight is 254 g/mol. The van der Waals surface area contributed by atoms with Gasteiger partial charge in [-0.1, -0.05) is 34.1 Å². The number of hydrogen-bond acceptors (Lipinski definition) is 2. The summed E-state index contributed by atoms with van der Waals surface area (Å²) in [6.45, 7) is 10.9. The minimum atomic E-state index is -0.369. The van der Waals surface area contributed by atoms with Crippen molar-refractivity contribution < 1.29 is 9.59 Å². The van der Waals surface area contributed by atoms with Crippen molar-refractivity contribution in [2.24, 2.45) is 11.8 Å². The van der Waals surface area contributed by atoms with Crippen molar-refractivity contribution in [1.29, 1.82) is 0 Å². The molecule has 1 N–H and O–H groups in total. The fraction of sp³-hybridized carbons (Fsp3) is 0.857. The number of nitrogens with zero attached hydrogens (tertiary/aromatic N) is 1. The molecule has 0 saturated carbocycles. The monoisotopic (exact) mass is 254 g/mol. The molecule has 0 aromatic rings. The Labute approximate surface area is 110 Å². The molecule has 104 valence electrons. The molecule has 1 aliphatic heterocycles. The molecule has 1 fully saturated rings. The molecular formula is C14H26N2O2. The molecule has 1 aliphatic rings. The Balaban J connectivity index is 2.90. The van der Waals surface area contributed by atoms with Crippen LogP contribution in [0.5, 0.6) is 0 Å². The summed E-state index contributed by atoms with van der Waals surface area (Å²) < 4.78 is 0. The zero-order chi connectivity index (χ0) is 13.9. The summed E-state index contributed by atoms with van der Waals surface area (Å²) in [6.07, 6.45) is 1.45. The van der Waals surface area contributed by atoms with Crippen molar-refractivity contribution >= 4 is 11.8 Å². The number of nitrogens with one attached hydrogen (secondary N) is 1. The Hall–Kier alpha value is -1.06. The van der Waals surface area contributed by atoms with Gasteiger partial charge in [-0.05, 0) is 18.8 Å². The van der Waals surface area contributed by atoms with Crippen LogP contribution in [-0.2, 0) is 9.59 Å². The minimum Gasteiger partial charge on any atom is -0.344 e. The molecule has 3 atom stereocenters. The number of amides is 2. The second-order valence-corrected chi connectivity index (χ2v) is 5.70. The summed E-state index contributed by atoms with van der Waals surface area (Å²) in [5.74, 6) is 0.644. The van der Waals surface area contributed by atoms with Crippen molar-refractivity contribution in [3.05, 3.63) is 0 Å². The predicted octanol–water partition coefficient (Wildman–Crippen LogP) is 1.79. The number of hydrogen-bond donors (Lipinski definition) is 1. The molecule has 18 heavy (non-hydrogen) atoms. The molecule has 0 aromatic heterocycles. The van der Waals surface area contributed by atoms with Gasteiger partial charge in [0.05, 0.1) is 0 Å². The molecule has 0 aromatic carbocycles. The lowest BCUT2D eigenvalue weighted by Crippen LogP contribution is -2.51. The number of rotatable bonds is 4. The van der Waals surface area contributed by atoms with E-state index in [1.807, 2.05) is 18.7 Å². The molecule has 0 aliphatic carbocycles.